The summed E-state index contributed by atoms with van der Waals surface area (Å²) in [6.07, 6.45) is 1.57. The van der Waals surface area contributed by atoms with Crippen LogP contribution in [0, 0.1) is 0 Å². The highest BCUT2D eigenvalue weighted by molar-refractivity contribution is 6.02. The fourth-order valence-corrected chi connectivity index (χ4v) is 6.88. The Labute approximate surface area is 325 Å². The number of fused-ring (bicyclic) bond motifs is 4. The Balaban J connectivity index is 1.41. The molecule has 6 aromatic rings. The number of carbonyl (C=O) groups excluding carboxylic acids is 4. The second-order valence-corrected chi connectivity index (χ2v) is 13.4. The van der Waals surface area contributed by atoms with Gasteiger partial charge in [-0.2, -0.15) is 0 Å². The fraction of sp³-hybridized carbons (Fsp3) is 0.106. The van der Waals surface area contributed by atoms with Crippen LogP contribution in [0.15, 0.2) is 176 Å². The van der Waals surface area contributed by atoms with Crippen molar-refractivity contribution >= 4 is 23.6 Å². The number of carbonyl (C=O) groups is 4. The summed E-state index contributed by atoms with van der Waals surface area (Å²) in [7, 11) is 0. The normalized spacial score (nSPS) is 18.9. The molecule has 4 atom stereocenters. The van der Waals surface area contributed by atoms with Gasteiger partial charge in [-0.1, -0.05) is 140 Å². The van der Waals surface area contributed by atoms with Crippen LogP contribution in [0.1, 0.15) is 87.9 Å². The zero-order chi connectivity index (χ0) is 38.9. The van der Waals surface area contributed by atoms with E-state index < -0.39 is 47.8 Å². The predicted molar refractivity (Wildman–Crippen MR) is 215 cm³/mol. The molecule has 56 heavy (non-hydrogen) atoms. The lowest BCUT2D eigenvalue weighted by Gasteiger charge is -2.31. The number of nitrogens with one attached hydrogen (secondary N) is 4. The zero-order valence-corrected chi connectivity index (χ0v) is 30.4. The third kappa shape index (κ3) is 8.58. The van der Waals surface area contributed by atoms with E-state index in [4.69, 9.17) is 4.74 Å². The molecule has 0 saturated heterocycles. The Hall–Kier alpha value is -7.26. The van der Waals surface area contributed by atoms with Crippen LogP contribution in [0.25, 0.3) is 0 Å². The lowest BCUT2D eigenvalue weighted by molar-refractivity contribution is 0.0873. The van der Waals surface area contributed by atoms with Crippen molar-refractivity contribution in [3.05, 3.63) is 221 Å². The van der Waals surface area contributed by atoms with Crippen molar-refractivity contribution in [1.29, 1.82) is 0 Å². The Morgan fingerprint density at radius 2 is 0.714 bits per heavy atom. The first-order valence-corrected chi connectivity index (χ1v) is 18.3. The molecule has 0 aliphatic carbocycles. The summed E-state index contributed by atoms with van der Waals surface area (Å²) in [4.78, 5) is 57.4. The van der Waals surface area contributed by atoms with Crippen molar-refractivity contribution in [3.63, 3.8) is 0 Å². The summed E-state index contributed by atoms with van der Waals surface area (Å²) in [5, 5.41) is 12.7. The second kappa shape index (κ2) is 17.3. The molecular weight excluding hydrogens is 701 g/mol. The maximum absolute atomic E-state index is 14.5. The van der Waals surface area contributed by atoms with E-state index in [0.717, 1.165) is 22.3 Å². The number of hydrogen-bond donors (Lipinski definition) is 4. The first-order chi connectivity index (χ1) is 27.4. The van der Waals surface area contributed by atoms with Crippen molar-refractivity contribution < 1.29 is 23.9 Å². The summed E-state index contributed by atoms with van der Waals surface area (Å²) >= 11 is 0. The smallest absolute Gasteiger partial charge is 0.252 e. The minimum atomic E-state index is -0.774. The van der Waals surface area contributed by atoms with E-state index in [1.165, 1.54) is 6.07 Å². The van der Waals surface area contributed by atoms with E-state index in [2.05, 4.69) is 27.8 Å². The van der Waals surface area contributed by atoms with E-state index in [0.29, 0.717) is 0 Å². The van der Waals surface area contributed by atoms with Crippen LogP contribution in [0.5, 0.6) is 5.75 Å². The number of amides is 4. The molecule has 4 amide bonds. The molecule has 9 heteroatoms. The van der Waals surface area contributed by atoms with E-state index in [9.17, 15) is 19.2 Å². The van der Waals surface area contributed by atoms with Crippen molar-refractivity contribution in [2.75, 3.05) is 6.61 Å². The van der Waals surface area contributed by atoms with Crippen LogP contribution in [-0.2, 0) is 0 Å². The molecule has 0 spiro atoms. The molecule has 4 bridgehead atoms. The van der Waals surface area contributed by atoms with Crippen molar-refractivity contribution in [3.8, 4) is 5.75 Å². The van der Waals surface area contributed by atoms with Crippen molar-refractivity contribution in [1.82, 2.24) is 21.3 Å². The Bertz CT molecular complexity index is 2180. The molecule has 1 heterocycles. The monoisotopic (exact) mass is 740 g/mol. The predicted octanol–water partition coefficient (Wildman–Crippen LogP) is 7.85. The molecule has 0 saturated carbocycles. The SMILES string of the molecule is C=CCOc1cc2cc(c1)C(=O)N[C@H](c1ccccc1)[C@@H](c1ccccc1)NC(=O)c1cccc(c1)C(=O)N[C@H](c1ccccc1)[C@@H](c1ccccc1)NC2=O. The van der Waals surface area contributed by atoms with Gasteiger partial charge in [0.05, 0.1) is 24.2 Å². The first-order valence-electron chi connectivity index (χ1n) is 18.3. The average Bonchev–Trinajstić information content (AvgIpc) is 3.25. The summed E-state index contributed by atoms with van der Waals surface area (Å²) < 4.78 is 5.91. The van der Waals surface area contributed by atoms with Gasteiger partial charge < -0.3 is 26.0 Å². The Morgan fingerprint density at radius 3 is 1.04 bits per heavy atom. The van der Waals surface area contributed by atoms with Gasteiger partial charge in [0.2, 0.25) is 0 Å². The first kappa shape index (κ1) is 37.1. The highest BCUT2D eigenvalue weighted by Gasteiger charge is 2.32. The van der Waals surface area contributed by atoms with E-state index in [1.54, 1.807) is 42.5 Å². The number of rotatable bonds is 7. The third-order valence-electron chi connectivity index (χ3n) is 9.63. The lowest BCUT2D eigenvalue weighted by atomic mass is 9.91. The standard InChI is InChI=1S/C47H40N4O5/c1-2-26-56-39-29-37-28-38(30-39)47(55)51-43(34-22-13-6-14-23-34)41(32-18-9-4-10-19-32)49-45(53)36-25-15-24-35(27-36)44(52)48-40(31-16-7-3-8-17-31)42(50-46(37)54)33-20-11-5-12-21-33/h2-25,27-30,40-43H,1,26H2,(H,48,52)(H,49,53)(H,50,54)(H,51,55)/t40-,41-,42-,43-/m1/s1. The van der Waals surface area contributed by atoms with Crippen LogP contribution >= 0.6 is 0 Å². The van der Waals surface area contributed by atoms with E-state index in [1.807, 2.05) is 121 Å². The van der Waals surface area contributed by atoms with E-state index in [-0.39, 0.29) is 34.6 Å². The lowest BCUT2D eigenvalue weighted by Crippen LogP contribution is -2.42. The molecule has 1 aliphatic heterocycles. The largest absolute Gasteiger partial charge is 0.490 e. The van der Waals surface area contributed by atoms with Crippen LogP contribution < -0.4 is 26.0 Å². The van der Waals surface area contributed by atoms with E-state index >= 15 is 0 Å². The van der Waals surface area contributed by atoms with Crippen LogP contribution in [0.2, 0.25) is 0 Å². The molecular formula is C47H40N4O5. The molecule has 0 radical (unpaired) electrons. The highest BCUT2D eigenvalue weighted by atomic mass is 16.5. The highest BCUT2D eigenvalue weighted by Crippen LogP contribution is 2.33. The van der Waals surface area contributed by atoms with Gasteiger partial charge in [-0.05, 0) is 58.7 Å². The maximum atomic E-state index is 14.5. The minimum Gasteiger partial charge on any atom is -0.490 e. The van der Waals surface area contributed by atoms with Gasteiger partial charge in [0.1, 0.15) is 12.4 Å². The maximum Gasteiger partial charge on any atom is 0.252 e. The number of benzene rings is 6. The van der Waals surface area contributed by atoms with Crippen LogP contribution in [-0.4, -0.2) is 30.2 Å². The summed E-state index contributed by atoms with van der Waals surface area (Å²) in [5.41, 5.74) is 3.75. The number of ether oxygens (including phenoxy) is 1. The molecule has 278 valence electrons. The fourth-order valence-electron chi connectivity index (χ4n) is 6.88. The molecule has 1 aliphatic rings. The topological polar surface area (TPSA) is 126 Å². The Kier molecular flexibility index (Phi) is 11.4. The van der Waals surface area contributed by atoms with Crippen LogP contribution in [0.4, 0.5) is 0 Å². The quantitative estimate of drug-likeness (QED) is 0.124. The van der Waals surface area contributed by atoms with Gasteiger partial charge in [-0.25, -0.2) is 0 Å². The summed E-state index contributed by atoms with van der Waals surface area (Å²) in [6, 6.07) is 45.4. The van der Waals surface area contributed by atoms with Crippen LogP contribution in [0.3, 0.4) is 0 Å². The number of hydrogen-bond acceptors (Lipinski definition) is 5. The van der Waals surface area contributed by atoms with Gasteiger partial charge in [-0.3, -0.25) is 19.2 Å². The molecule has 9 nitrogen and oxygen atoms in total. The van der Waals surface area contributed by atoms with Crippen molar-refractivity contribution in [2.24, 2.45) is 0 Å². The Morgan fingerprint density at radius 1 is 0.411 bits per heavy atom. The van der Waals surface area contributed by atoms with Crippen molar-refractivity contribution in [2.45, 2.75) is 24.2 Å². The molecule has 4 N–H and O–H groups in total. The molecule has 7 rings (SSSR count). The molecule has 0 fully saturated rings. The zero-order valence-electron chi connectivity index (χ0n) is 30.4. The minimum absolute atomic E-state index is 0.135. The average molecular weight is 741 g/mol. The van der Waals surface area contributed by atoms with Gasteiger partial charge in [0, 0.05) is 22.3 Å². The van der Waals surface area contributed by atoms with Gasteiger partial charge in [-0.15, -0.1) is 0 Å². The van der Waals surface area contributed by atoms with Gasteiger partial charge >= 0.3 is 0 Å². The summed E-state index contributed by atoms with van der Waals surface area (Å²) in [5.74, 6) is -1.60. The second-order valence-electron chi connectivity index (χ2n) is 13.4. The molecule has 0 unspecified atom stereocenters. The van der Waals surface area contributed by atoms with Gasteiger partial charge in [0.25, 0.3) is 23.6 Å². The molecule has 0 aromatic heterocycles. The summed E-state index contributed by atoms with van der Waals surface area (Å²) in [6.45, 7) is 3.88. The third-order valence-corrected chi connectivity index (χ3v) is 9.63. The molecule has 6 aromatic carbocycles. The van der Waals surface area contributed by atoms with Gasteiger partial charge in [0.15, 0.2) is 0 Å².